The molecule has 2 rings (SSSR count). The Kier molecular flexibility index (Phi) is 3.54. The van der Waals surface area contributed by atoms with Gasteiger partial charge < -0.3 is 4.98 Å². The maximum atomic E-state index is 4.50. The molecule has 86 valence electrons. The highest BCUT2D eigenvalue weighted by molar-refractivity contribution is 5.74. The van der Waals surface area contributed by atoms with Gasteiger partial charge in [0.05, 0.1) is 5.52 Å². The first-order chi connectivity index (χ1) is 7.81. The Hall–Kier alpha value is -1.38. The van der Waals surface area contributed by atoms with Gasteiger partial charge in [0.1, 0.15) is 5.82 Å². The predicted molar refractivity (Wildman–Crippen MR) is 66.5 cm³/mol. The predicted octanol–water partition coefficient (Wildman–Crippen LogP) is 3.39. The minimum atomic E-state index is 0.852. The Morgan fingerprint density at radius 2 is 2.12 bits per heavy atom. The normalized spacial score (nSPS) is 11.1. The topological polar surface area (TPSA) is 41.6 Å². The van der Waals surface area contributed by atoms with E-state index in [-0.39, 0.29) is 0 Å². The highest BCUT2D eigenvalue weighted by Gasteiger charge is 2.04. The van der Waals surface area contributed by atoms with Crippen LogP contribution < -0.4 is 0 Å². The van der Waals surface area contributed by atoms with E-state index in [1.165, 1.54) is 31.2 Å². The molecule has 0 aliphatic heterocycles. The number of aromatic nitrogens is 3. The van der Waals surface area contributed by atoms with Crippen LogP contribution in [0.25, 0.3) is 11.2 Å². The van der Waals surface area contributed by atoms with E-state index in [1.54, 1.807) is 0 Å². The van der Waals surface area contributed by atoms with Crippen LogP contribution in [0.5, 0.6) is 0 Å². The molecule has 2 heterocycles. The molecule has 2 aromatic heterocycles. The standard InChI is InChI=1S/C13H19N3/c1-3-4-5-6-7-11-15-12-10(2)8-9-14-13(12)16-11/h8-9H,3-7H2,1-2H3,(H,14,15,16). The van der Waals surface area contributed by atoms with Crippen molar-refractivity contribution in [3.8, 4) is 0 Å². The van der Waals surface area contributed by atoms with E-state index in [2.05, 4.69) is 28.8 Å². The van der Waals surface area contributed by atoms with Crippen molar-refractivity contribution in [1.29, 1.82) is 0 Å². The molecule has 0 spiro atoms. The van der Waals surface area contributed by atoms with Gasteiger partial charge in [0.2, 0.25) is 0 Å². The molecule has 0 atom stereocenters. The second-order valence-electron chi connectivity index (χ2n) is 4.32. The van der Waals surface area contributed by atoms with Crippen molar-refractivity contribution in [3.05, 3.63) is 23.7 Å². The van der Waals surface area contributed by atoms with Gasteiger partial charge in [-0.25, -0.2) is 9.97 Å². The molecule has 0 amide bonds. The van der Waals surface area contributed by atoms with Gasteiger partial charge in [0.15, 0.2) is 5.65 Å². The van der Waals surface area contributed by atoms with Crippen molar-refractivity contribution in [2.24, 2.45) is 0 Å². The molecular formula is C13H19N3. The van der Waals surface area contributed by atoms with Crippen LogP contribution in [0.4, 0.5) is 0 Å². The highest BCUT2D eigenvalue weighted by atomic mass is 15.0. The summed E-state index contributed by atoms with van der Waals surface area (Å²) in [7, 11) is 0. The Balaban J connectivity index is 2.05. The van der Waals surface area contributed by atoms with Crippen LogP contribution in [0.1, 0.15) is 44.0 Å². The molecule has 1 N–H and O–H groups in total. The van der Waals surface area contributed by atoms with Crippen molar-refractivity contribution in [3.63, 3.8) is 0 Å². The number of nitrogens with zero attached hydrogens (tertiary/aromatic N) is 2. The number of fused-ring (bicyclic) bond motifs is 1. The molecule has 0 saturated carbocycles. The molecule has 0 saturated heterocycles. The third-order valence-electron chi connectivity index (χ3n) is 2.92. The molecule has 16 heavy (non-hydrogen) atoms. The lowest BCUT2D eigenvalue weighted by Crippen LogP contribution is -1.88. The molecule has 3 heteroatoms. The first-order valence-corrected chi connectivity index (χ1v) is 6.11. The van der Waals surface area contributed by atoms with Crippen LogP contribution in [0.2, 0.25) is 0 Å². The lowest BCUT2D eigenvalue weighted by atomic mass is 10.1. The molecule has 0 aromatic carbocycles. The monoisotopic (exact) mass is 217 g/mol. The Morgan fingerprint density at radius 3 is 2.88 bits per heavy atom. The van der Waals surface area contributed by atoms with Gasteiger partial charge in [0.25, 0.3) is 0 Å². The molecule has 0 unspecified atom stereocenters. The Labute approximate surface area is 96.3 Å². The summed E-state index contributed by atoms with van der Waals surface area (Å²) in [6.07, 6.45) is 7.96. The SMILES string of the molecule is CCCCCCc1nc2nccc(C)c2[nH]1. The minimum Gasteiger partial charge on any atom is -0.340 e. The second-order valence-corrected chi connectivity index (χ2v) is 4.32. The summed E-state index contributed by atoms with van der Waals surface area (Å²) in [6.45, 7) is 4.32. The van der Waals surface area contributed by atoms with E-state index in [0.717, 1.165) is 23.4 Å². The fourth-order valence-corrected chi connectivity index (χ4v) is 1.92. The number of rotatable bonds is 5. The van der Waals surface area contributed by atoms with Crippen molar-refractivity contribution in [2.75, 3.05) is 0 Å². The first kappa shape index (κ1) is 11.1. The van der Waals surface area contributed by atoms with Crippen molar-refractivity contribution in [2.45, 2.75) is 46.0 Å². The molecule has 0 bridgehead atoms. The third-order valence-corrected chi connectivity index (χ3v) is 2.92. The minimum absolute atomic E-state index is 0.852. The van der Waals surface area contributed by atoms with E-state index in [9.17, 15) is 0 Å². The van der Waals surface area contributed by atoms with Crippen LogP contribution in [0.15, 0.2) is 12.3 Å². The maximum Gasteiger partial charge on any atom is 0.177 e. The molecule has 2 aromatic rings. The Morgan fingerprint density at radius 1 is 1.25 bits per heavy atom. The summed E-state index contributed by atoms with van der Waals surface area (Å²) in [4.78, 5) is 12.1. The average molecular weight is 217 g/mol. The third kappa shape index (κ3) is 2.40. The number of aryl methyl sites for hydroxylation is 2. The molecular weight excluding hydrogens is 198 g/mol. The number of imidazole rings is 1. The number of nitrogens with one attached hydrogen (secondary N) is 1. The number of H-pyrrole nitrogens is 1. The van der Waals surface area contributed by atoms with Gasteiger partial charge in [-0.1, -0.05) is 26.2 Å². The summed E-state index contributed by atoms with van der Waals surface area (Å²) in [6, 6.07) is 2.02. The number of hydrogen-bond acceptors (Lipinski definition) is 2. The van der Waals surface area contributed by atoms with Crippen LogP contribution in [0.3, 0.4) is 0 Å². The molecule has 0 aliphatic carbocycles. The Bertz CT molecular complexity index is 459. The molecule has 0 fully saturated rings. The smallest absolute Gasteiger partial charge is 0.177 e. The van der Waals surface area contributed by atoms with Crippen LogP contribution in [-0.4, -0.2) is 15.0 Å². The zero-order valence-corrected chi connectivity index (χ0v) is 10.1. The van der Waals surface area contributed by atoms with Crippen molar-refractivity contribution in [1.82, 2.24) is 15.0 Å². The van der Waals surface area contributed by atoms with E-state index in [1.807, 2.05) is 12.3 Å². The van der Waals surface area contributed by atoms with Crippen molar-refractivity contribution >= 4 is 11.2 Å². The fraction of sp³-hybridized carbons (Fsp3) is 0.538. The molecule has 0 aliphatic rings. The van der Waals surface area contributed by atoms with Gasteiger partial charge in [-0.2, -0.15) is 0 Å². The molecule has 0 radical (unpaired) electrons. The van der Waals surface area contributed by atoms with Gasteiger partial charge >= 0.3 is 0 Å². The highest BCUT2D eigenvalue weighted by Crippen LogP contribution is 2.14. The van der Waals surface area contributed by atoms with Crippen LogP contribution in [-0.2, 0) is 6.42 Å². The van der Waals surface area contributed by atoms with E-state index in [4.69, 9.17) is 0 Å². The van der Waals surface area contributed by atoms with Gasteiger partial charge in [-0.15, -0.1) is 0 Å². The van der Waals surface area contributed by atoms with Gasteiger partial charge in [-0.3, -0.25) is 0 Å². The summed E-state index contributed by atoms with van der Waals surface area (Å²) in [5, 5.41) is 0. The zero-order chi connectivity index (χ0) is 11.4. The largest absolute Gasteiger partial charge is 0.340 e. The number of hydrogen-bond donors (Lipinski definition) is 1. The van der Waals surface area contributed by atoms with Gasteiger partial charge in [-0.05, 0) is 25.0 Å². The van der Waals surface area contributed by atoms with Crippen LogP contribution in [0, 0.1) is 6.92 Å². The van der Waals surface area contributed by atoms with Crippen molar-refractivity contribution < 1.29 is 0 Å². The zero-order valence-electron chi connectivity index (χ0n) is 10.1. The van der Waals surface area contributed by atoms with Crippen LogP contribution >= 0.6 is 0 Å². The lowest BCUT2D eigenvalue weighted by Gasteiger charge is -1.96. The first-order valence-electron chi connectivity index (χ1n) is 6.11. The number of aromatic amines is 1. The summed E-state index contributed by atoms with van der Waals surface area (Å²) < 4.78 is 0. The average Bonchev–Trinajstić information content (AvgIpc) is 2.69. The number of unbranched alkanes of at least 4 members (excludes halogenated alkanes) is 3. The fourth-order valence-electron chi connectivity index (χ4n) is 1.92. The summed E-state index contributed by atoms with van der Waals surface area (Å²) in [5.74, 6) is 1.08. The number of pyridine rings is 1. The van der Waals surface area contributed by atoms with E-state index >= 15 is 0 Å². The lowest BCUT2D eigenvalue weighted by molar-refractivity contribution is 0.656. The van der Waals surface area contributed by atoms with E-state index in [0.29, 0.717) is 0 Å². The summed E-state index contributed by atoms with van der Waals surface area (Å²) >= 11 is 0. The molecule has 3 nitrogen and oxygen atoms in total. The second kappa shape index (κ2) is 5.10. The quantitative estimate of drug-likeness (QED) is 0.780. The van der Waals surface area contributed by atoms with E-state index < -0.39 is 0 Å². The summed E-state index contributed by atoms with van der Waals surface area (Å²) in [5.41, 5.74) is 3.16. The maximum absolute atomic E-state index is 4.50. The van der Waals surface area contributed by atoms with Gasteiger partial charge in [0, 0.05) is 12.6 Å².